The van der Waals surface area contributed by atoms with Gasteiger partial charge in [-0.05, 0) is 57.2 Å². The summed E-state index contributed by atoms with van der Waals surface area (Å²) in [6, 6.07) is 10.2. The van der Waals surface area contributed by atoms with Crippen molar-refractivity contribution in [1.29, 1.82) is 0 Å². The number of para-hydroxylation sites is 1. The second-order valence-corrected chi connectivity index (χ2v) is 7.38. The summed E-state index contributed by atoms with van der Waals surface area (Å²) >= 11 is 0. The van der Waals surface area contributed by atoms with Gasteiger partial charge < -0.3 is 15.4 Å². The fraction of sp³-hybridized carbons (Fsp3) is 0.524. The maximum Gasteiger partial charge on any atom is 0.191 e. The zero-order valence-electron chi connectivity index (χ0n) is 17.1. The van der Waals surface area contributed by atoms with E-state index < -0.39 is 0 Å². The van der Waals surface area contributed by atoms with Gasteiger partial charge in [-0.3, -0.25) is 4.99 Å². The molecule has 1 fully saturated rings. The normalized spacial score (nSPS) is 19.3. The Kier molecular flexibility index (Phi) is 8.75. The molecular formula is C21H32IN5O. The molecule has 1 aromatic heterocycles. The molecule has 0 spiro atoms. The SMILES string of the molecule is CN=C(NCCCc1cn(-c2ccccc2)nc1C)NCC1(C)CCCO1.I. The molecule has 154 valence electrons. The maximum absolute atomic E-state index is 5.82. The average molecular weight is 497 g/mol. The first-order valence-corrected chi connectivity index (χ1v) is 9.79. The quantitative estimate of drug-likeness (QED) is 0.266. The number of nitrogens with zero attached hydrogens (tertiary/aromatic N) is 3. The van der Waals surface area contributed by atoms with E-state index in [9.17, 15) is 0 Å². The number of aromatic nitrogens is 2. The lowest BCUT2D eigenvalue weighted by Gasteiger charge is -2.24. The number of aryl methyl sites for hydroxylation is 2. The highest BCUT2D eigenvalue weighted by molar-refractivity contribution is 14.0. The molecule has 1 aliphatic heterocycles. The smallest absolute Gasteiger partial charge is 0.191 e. The van der Waals surface area contributed by atoms with Gasteiger partial charge >= 0.3 is 0 Å². The van der Waals surface area contributed by atoms with Gasteiger partial charge in [0.05, 0.1) is 17.0 Å². The highest BCUT2D eigenvalue weighted by Gasteiger charge is 2.29. The van der Waals surface area contributed by atoms with Gasteiger partial charge in [-0.1, -0.05) is 18.2 Å². The Balaban J connectivity index is 0.00000280. The Labute approximate surface area is 185 Å². The van der Waals surface area contributed by atoms with Gasteiger partial charge in [0.1, 0.15) is 0 Å². The number of rotatable bonds is 7. The molecule has 0 aliphatic carbocycles. The molecule has 2 aromatic rings. The van der Waals surface area contributed by atoms with E-state index in [1.807, 2.05) is 22.9 Å². The molecule has 7 heteroatoms. The van der Waals surface area contributed by atoms with Gasteiger partial charge in [-0.15, -0.1) is 24.0 Å². The van der Waals surface area contributed by atoms with Crippen LogP contribution in [0, 0.1) is 6.92 Å². The van der Waals surface area contributed by atoms with Crippen molar-refractivity contribution in [2.45, 2.75) is 45.1 Å². The van der Waals surface area contributed by atoms with Crippen LogP contribution in [0.25, 0.3) is 5.69 Å². The third-order valence-corrected chi connectivity index (χ3v) is 5.09. The molecule has 0 amide bonds. The molecule has 1 unspecified atom stereocenters. The molecule has 2 heterocycles. The summed E-state index contributed by atoms with van der Waals surface area (Å²) in [7, 11) is 1.81. The van der Waals surface area contributed by atoms with Gasteiger partial charge in [0.25, 0.3) is 0 Å². The Morgan fingerprint density at radius 3 is 2.75 bits per heavy atom. The maximum atomic E-state index is 5.82. The van der Waals surface area contributed by atoms with E-state index in [2.05, 4.69) is 52.9 Å². The molecule has 28 heavy (non-hydrogen) atoms. The van der Waals surface area contributed by atoms with Crippen LogP contribution in [0.2, 0.25) is 0 Å². The molecule has 1 saturated heterocycles. The Hall–Kier alpha value is -1.61. The number of hydrogen-bond acceptors (Lipinski definition) is 3. The molecular weight excluding hydrogens is 465 g/mol. The van der Waals surface area contributed by atoms with E-state index in [1.54, 1.807) is 7.05 Å². The van der Waals surface area contributed by atoms with Crippen molar-refractivity contribution in [1.82, 2.24) is 20.4 Å². The summed E-state index contributed by atoms with van der Waals surface area (Å²) in [5, 5.41) is 11.4. The Morgan fingerprint density at radius 1 is 1.29 bits per heavy atom. The van der Waals surface area contributed by atoms with Crippen LogP contribution in [0.3, 0.4) is 0 Å². The number of benzene rings is 1. The summed E-state index contributed by atoms with van der Waals surface area (Å²) in [6.07, 6.45) is 6.39. The number of nitrogens with one attached hydrogen (secondary N) is 2. The first kappa shape index (κ1) is 22.7. The number of aliphatic imine (C=N–C) groups is 1. The van der Waals surface area contributed by atoms with Gasteiger partial charge in [-0.25, -0.2) is 4.68 Å². The zero-order valence-corrected chi connectivity index (χ0v) is 19.4. The lowest BCUT2D eigenvalue weighted by atomic mass is 10.0. The van der Waals surface area contributed by atoms with E-state index in [-0.39, 0.29) is 29.6 Å². The van der Waals surface area contributed by atoms with Crippen LogP contribution in [-0.2, 0) is 11.2 Å². The minimum Gasteiger partial charge on any atom is -0.373 e. The molecule has 1 aliphatic rings. The topological polar surface area (TPSA) is 63.5 Å². The summed E-state index contributed by atoms with van der Waals surface area (Å²) in [5.74, 6) is 0.837. The monoisotopic (exact) mass is 497 g/mol. The van der Waals surface area contributed by atoms with Gasteiger partial charge in [-0.2, -0.15) is 5.10 Å². The molecule has 3 rings (SSSR count). The van der Waals surface area contributed by atoms with Crippen molar-refractivity contribution in [3.05, 3.63) is 47.8 Å². The van der Waals surface area contributed by atoms with Gasteiger partial charge in [0.15, 0.2) is 5.96 Å². The summed E-state index contributed by atoms with van der Waals surface area (Å²) < 4.78 is 7.78. The largest absolute Gasteiger partial charge is 0.373 e. The van der Waals surface area contributed by atoms with Gasteiger partial charge in [0.2, 0.25) is 0 Å². The molecule has 0 radical (unpaired) electrons. The fourth-order valence-electron chi connectivity index (χ4n) is 3.41. The number of hydrogen-bond donors (Lipinski definition) is 2. The van der Waals surface area contributed by atoms with Crippen LogP contribution < -0.4 is 10.6 Å². The minimum atomic E-state index is -0.0687. The number of halogens is 1. The van der Waals surface area contributed by atoms with Crippen molar-refractivity contribution in [3.8, 4) is 5.69 Å². The van der Waals surface area contributed by atoms with Crippen molar-refractivity contribution in [2.24, 2.45) is 4.99 Å². The van der Waals surface area contributed by atoms with Crippen molar-refractivity contribution in [3.63, 3.8) is 0 Å². The average Bonchev–Trinajstić information content (AvgIpc) is 3.28. The molecule has 0 bridgehead atoms. The van der Waals surface area contributed by atoms with E-state index in [0.29, 0.717) is 0 Å². The molecule has 6 nitrogen and oxygen atoms in total. The van der Waals surface area contributed by atoms with E-state index in [4.69, 9.17) is 4.74 Å². The highest BCUT2D eigenvalue weighted by Crippen LogP contribution is 2.23. The van der Waals surface area contributed by atoms with Gasteiger partial charge in [0, 0.05) is 32.9 Å². The predicted molar refractivity (Wildman–Crippen MR) is 125 cm³/mol. The van der Waals surface area contributed by atoms with Crippen LogP contribution in [0.5, 0.6) is 0 Å². The Morgan fingerprint density at radius 2 is 2.07 bits per heavy atom. The minimum absolute atomic E-state index is 0. The summed E-state index contributed by atoms with van der Waals surface area (Å²) in [4.78, 5) is 4.31. The Bertz CT molecular complexity index is 753. The first-order valence-electron chi connectivity index (χ1n) is 9.79. The second kappa shape index (κ2) is 10.8. The standard InChI is InChI=1S/C21H31N5O.HI/c1-17-18(15-26(25-17)19-10-5-4-6-11-19)9-7-13-23-20(22-3)24-16-21(2)12-8-14-27-21;/h4-6,10-11,15H,7-9,12-14,16H2,1-3H3,(H2,22,23,24);1H. The molecule has 1 aromatic carbocycles. The number of ether oxygens (including phenoxy) is 1. The molecule has 0 saturated carbocycles. The van der Waals surface area contributed by atoms with Crippen molar-refractivity contribution < 1.29 is 4.74 Å². The third-order valence-electron chi connectivity index (χ3n) is 5.09. The van der Waals surface area contributed by atoms with Crippen LogP contribution in [0.4, 0.5) is 0 Å². The van der Waals surface area contributed by atoms with Crippen LogP contribution in [0.1, 0.15) is 37.4 Å². The summed E-state index contributed by atoms with van der Waals surface area (Å²) in [5.41, 5.74) is 3.40. The molecule has 1 atom stereocenters. The predicted octanol–water partition coefficient (Wildman–Crippen LogP) is 3.47. The van der Waals surface area contributed by atoms with Crippen LogP contribution in [-0.4, -0.2) is 48.1 Å². The van der Waals surface area contributed by atoms with Crippen LogP contribution >= 0.6 is 24.0 Å². The lowest BCUT2D eigenvalue weighted by Crippen LogP contribution is -2.45. The number of guanidine groups is 1. The van der Waals surface area contributed by atoms with E-state index in [0.717, 1.165) is 62.7 Å². The van der Waals surface area contributed by atoms with Crippen molar-refractivity contribution in [2.75, 3.05) is 26.7 Å². The highest BCUT2D eigenvalue weighted by atomic mass is 127. The van der Waals surface area contributed by atoms with E-state index in [1.165, 1.54) is 5.56 Å². The molecule has 2 N–H and O–H groups in total. The van der Waals surface area contributed by atoms with Crippen LogP contribution in [0.15, 0.2) is 41.5 Å². The lowest BCUT2D eigenvalue weighted by molar-refractivity contribution is 0.0243. The third kappa shape index (κ3) is 6.20. The zero-order chi connectivity index (χ0) is 19.1. The van der Waals surface area contributed by atoms with Crippen molar-refractivity contribution >= 4 is 29.9 Å². The first-order chi connectivity index (χ1) is 13.1. The second-order valence-electron chi connectivity index (χ2n) is 7.38. The van der Waals surface area contributed by atoms with E-state index >= 15 is 0 Å². The summed E-state index contributed by atoms with van der Waals surface area (Å²) in [6.45, 7) is 6.75. The fourth-order valence-corrected chi connectivity index (χ4v) is 3.41.